The molecule has 1 aromatic heterocycles. The van der Waals surface area contributed by atoms with Crippen molar-refractivity contribution in [2.24, 2.45) is 5.10 Å². The van der Waals surface area contributed by atoms with Gasteiger partial charge in [-0.15, -0.1) is 0 Å². The number of nitro benzene ring substituents is 1. The lowest BCUT2D eigenvalue weighted by atomic mass is 9.92. The maximum absolute atomic E-state index is 12.4. The van der Waals surface area contributed by atoms with Gasteiger partial charge in [0.2, 0.25) is 0 Å². The van der Waals surface area contributed by atoms with Crippen LogP contribution in [0.2, 0.25) is 0 Å². The summed E-state index contributed by atoms with van der Waals surface area (Å²) in [6.07, 6.45) is 1.40. The molecule has 0 aliphatic heterocycles. The molecule has 1 amide bonds. The molecule has 0 aliphatic carbocycles. The van der Waals surface area contributed by atoms with Crippen LogP contribution in [-0.2, 0) is 5.41 Å². The standard InChI is InChI=1S/C23H23N5O6/c1-23(2,3)20-12-17(25-26-20)21(29)27-24-13-14-5-10-18(19(11-14)33-4)34-22(30)15-6-8-16(9-7-15)28(31)32/h5-13H,1-4H3,(H,25,26)(H,27,29). The fraction of sp³-hybridized carbons (Fsp3) is 0.217. The van der Waals surface area contributed by atoms with Gasteiger partial charge in [0.15, 0.2) is 17.2 Å². The summed E-state index contributed by atoms with van der Waals surface area (Å²) in [6.45, 7) is 6.00. The maximum atomic E-state index is 12.4. The van der Waals surface area contributed by atoms with E-state index in [1.807, 2.05) is 20.8 Å². The summed E-state index contributed by atoms with van der Waals surface area (Å²) < 4.78 is 10.6. The van der Waals surface area contributed by atoms with Crippen molar-refractivity contribution in [2.75, 3.05) is 7.11 Å². The number of methoxy groups -OCH3 is 1. The number of nitro groups is 1. The van der Waals surface area contributed by atoms with Crippen LogP contribution < -0.4 is 14.9 Å². The van der Waals surface area contributed by atoms with Gasteiger partial charge < -0.3 is 9.47 Å². The van der Waals surface area contributed by atoms with Gasteiger partial charge in [-0.3, -0.25) is 20.0 Å². The molecule has 176 valence electrons. The predicted molar refractivity (Wildman–Crippen MR) is 123 cm³/mol. The monoisotopic (exact) mass is 465 g/mol. The van der Waals surface area contributed by atoms with Gasteiger partial charge in [0.05, 0.1) is 23.8 Å². The Morgan fingerprint density at radius 3 is 2.41 bits per heavy atom. The van der Waals surface area contributed by atoms with Crippen LogP contribution in [0, 0.1) is 10.1 Å². The number of hydrogen-bond acceptors (Lipinski definition) is 8. The molecule has 0 fully saturated rings. The number of hydrogen-bond donors (Lipinski definition) is 2. The Morgan fingerprint density at radius 2 is 1.82 bits per heavy atom. The van der Waals surface area contributed by atoms with Gasteiger partial charge in [-0.25, -0.2) is 10.2 Å². The third kappa shape index (κ3) is 5.82. The number of hydrazone groups is 1. The number of aromatic amines is 1. The van der Waals surface area contributed by atoms with E-state index in [-0.39, 0.29) is 33.9 Å². The Labute approximate surface area is 194 Å². The summed E-state index contributed by atoms with van der Waals surface area (Å²) in [5.41, 5.74) is 3.86. The molecule has 0 aliphatic rings. The summed E-state index contributed by atoms with van der Waals surface area (Å²) in [4.78, 5) is 34.8. The van der Waals surface area contributed by atoms with Gasteiger partial charge in [-0.2, -0.15) is 10.2 Å². The molecule has 2 N–H and O–H groups in total. The number of H-pyrrole nitrogens is 1. The van der Waals surface area contributed by atoms with Gasteiger partial charge in [-0.1, -0.05) is 20.8 Å². The Morgan fingerprint density at radius 1 is 1.12 bits per heavy atom. The highest BCUT2D eigenvalue weighted by molar-refractivity contribution is 5.93. The van der Waals surface area contributed by atoms with Gasteiger partial charge >= 0.3 is 5.97 Å². The Hall–Kier alpha value is -4.54. The first-order chi connectivity index (χ1) is 16.1. The maximum Gasteiger partial charge on any atom is 0.343 e. The third-order valence-electron chi connectivity index (χ3n) is 4.70. The van der Waals surface area contributed by atoms with Gasteiger partial charge in [0, 0.05) is 23.2 Å². The highest BCUT2D eigenvalue weighted by Crippen LogP contribution is 2.28. The van der Waals surface area contributed by atoms with E-state index in [9.17, 15) is 19.7 Å². The fourth-order valence-corrected chi connectivity index (χ4v) is 2.77. The van der Waals surface area contributed by atoms with Crippen LogP contribution in [0.25, 0.3) is 0 Å². The summed E-state index contributed by atoms with van der Waals surface area (Å²) in [6, 6.07) is 11.4. The van der Waals surface area contributed by atoms with Crippen LogP contribution in [-0.4, -0.2) is 40.3 Å². The Kier molecular flexibility index (Phi) is 7.05. The molecule has 2 aromatic carbocycles. The number of non-ortho nitro benzene ring substituents is 1. The summed E-state index contributed by atoms with van der Waals surface area (Å²) in [5, 5.41) is 21.5. The van der Waals surface area contributed by atoms with E-state index >= 15 is 0 Å². The number of nitrogens with one attached hydrogen (secondary N) is 2. The first-order valence-electron chi connectivity index (χ1n) is 10.1. The minimum absolute atomic E-state index is 0.133. The molecule has 0 spiro atoms. The molecule has 0 atom stereocenters. The smallest absolute Gasteiger partial charge is 0.343 e. The predicted octanol–water partition coefficient (Wildman–Crippen LogP) is 3.61. The average Bonchev–Trinajstić information content (AvgIpc) is 3.31. The number of rotatable bonds is 7. The molecular formula is C23H23N5O6. The van der Waals surface area contributed by atoms with Gasteiger partial charge in [-0.05, 0) is 42.0 Å². The van der Waals surface area contributed by atoms with Crippen molar-refractivity contribution in [3.63, 3.8) is 0 Å². The zero-order valence-corrected chi connectivity index (χ0v) is 19.0. The third-order valence-corrected chi connectivity index (χ3v) is 4.70. The summed E-state index contributed by atoms with van der Waals surface area (Å²) in [7, 11) is 1.41. The highest BCUT2D eigenvalue weighted by Gasteiger charge is 2.19. The minimum atomic E-state index is -0.699. The molecule has 0 bridgehead atoms. The van der Waals surface area contributed by atoms with Crippen molar-refractivity contribution in [1.29, 1.82) is 0 Å². The van der Waals surface area contributed by atoms with Crippen LogP contribution in [0.5, 0.6) is 11.5 Å². The summed E-state index contributed by atoms with van der Waals surface area (Å²) in [5.74, 6) is -0.759. The molecule has 3 aromatic rings. The van der Waals surface area contributed by atoms with E-state index in [1.54, 1.807) is 18.2 Å². The summed E-state index contributed by atoms with van der Waals surface area (Å²) >= 11 is 0. The molecule has 11 heteroatoms. The number of benzene rings is 2. The van der Waals surface area contributed by atoms with Crippen molar-refractivity contribution in [1.82, 2.24) is 15.6 Å². The molecule has 1 heterocycles. The van der Waals surface area contributed by atoms with Crippen molar-refractivity contribution < 1.29 is 24.0 Å². The minimum Gasteiger partial charge on any atom is -0.493 e. The first-order valence-corrected chi connectivity index (χ1v) is 10.1. The second kappa shape index (κ2) is 9.94. The van der Waals surface area contributed by atoms with Crippen LogP contribution >= 0.6 is 0 Å². The number of aromatic nitrogens is 2. The van der Waals surface area contributed by atoms with E-state index < -0.39 is 16.8 Å². The van der Waals surface area contributed by atoms with E-state index in [2.05, 4.69) is 20.7 Å². The van der Waals surface area contributed by atoms with Crippen molar-refractivity contribution in [3.05, 3.63) is 81.2 Å². The molecule has 0 saturated carbocycles. The topological polar surface area (TPSA) is 149 Å². The van der Waals surface area contributed by atoms with Crippen LogP contribution in [0.4, 0.5) is 5.69 Å². The van der Waals surface area contributed by atoms with Crippen LogP contribution in [0.15, 0.2) is 53.6 Å². The number of carbonyl (C=O) groups excluding carboxylic acids is 2. The Balaban J connectivity index is 1.65. The zero-order chi connectivity index (χ0) is 24.9. The Bertz CT molecular complexity index is 1240. The first kappa shape index (κ1) is 24.1. The molecular weight excluding hydrogens is 442 g/mol. The molecule has 0 unspecified atom stereocenters. The SMILES string of the molecule is COc1cc(C=NNC(=O)c2cc(C(C)(C)C)[nH]n2)ccc1OC(=O)c1ccc([N+](=O)[O-])cc1. The molecule has 3 rings (SSSR count). The van der Waals surface area contributed by atoms with Crippen LogP contribution in [0.1, 0.15) is 52.9 Å². The van der Waals surface area contributed by atoms with Gasteiger partial charge in [0.25, 0.3) is 11.6 Å². The van der Waals surface area contributed by atoms with Crippen LogP contribution in [0.3, 0.4) is 0 Å². The molecule has 11 nitrogen and oxygen atoms in total. The molecule has 34 heavy (non-hydrogen) atoms. The highest BCUT2D eigenvalue weighted by atomic mass is 16.6. The average molecular weight is 465 g/mol. The number of amides is 1. The molecule has 0 radical (unpaired) electrons. The van der Waals surface area contributed by atoms with Gasteiger partial charge in [0.1, 0.15) is 0 Å². The van der Waals surface area contributed by atoms with E-state index in [4.69, 9.17) is 9.47 Å². The van der Waals surface area contributed by atoms with Crippen molar-refractivity contribution in [2.45, 2.75) is 26.2 Å². The quantitative estimate of drug-likeness (QED) is 0.178. The van der Waals surface area contributed by atoms with E-state index in [0.717, 1.165) is 5.69 Å². The lowest BCUT2D eigenvalue weighted by molar-refractivity contribution is -0.384. The zero-order valence-electron chi connectivity index (χ0n) is 19.0. The lowest BCUT2D eigenvalue weighted by Gasteiger charge is -2.14. The van der Waals surface area contributed by atoms with E-state index in [0.29, 0.717) is 5.56 Å². The van der Waals surface area contributed by atoms with E-state index in [1.165, 1.54) is 43.7 Å². The number of nitrogens with zero attached hydrogens (tertiary/aromatic N) is 3. The van der Waals surface area contributed by atoms with Crippen molar-refractivity contribution in [3.8, 4) is 11.5 Å². The lowest BCUT2D eigenvalue weighted by Crippen LogP contribution is -2.18. The van der Waals surface area contributed by atoms with Crippen molar-refractivity contribution >= 4 is 23.8 Å². The normalized spacial score (nSPS) is 11.3. The number of esters is 1. The second-order valence-electron chi connectivity index (χ2n) is 8.22. The molecule has 0 saturated heterocycles. The number of carbonyl (C=O) groups is 2. The fourth-order valence-electron chi connectivity index (χ4n) is 2.77. The second-order valence-corrected chi connectivity index (χ2v) is 8.22. The number of ether oxygens (including phenoxy) is 2. The largest absolute Gasteiger partial charge is 0.493 e.